The number of ether oxygens (including phenoxy) is 1. The van der Waals surface area contributed by atoms with E-state index in [2.05, 4.69) is 10.3 Å². The van der Waals surface area contributed by atoms with Crippen LogP contribution in [0.15, 0.2) is 18.2 Å². The molecule has 0 saturated carbocycles. The number of carbonyl (C=O) groups is 1. The number of sulfonamides is 1. The number of para-hydroxylation sites is 1. The normalized spacial score (nSPS) is 19.0. The number of aromatic nitrogens is 1. The van der Waals surface area contributed by atoms with Crippen molar-refractivity contribution in [3.8, 4) is 5.75 Å². The summed E-state index contributed by atoms with van der Waals surface area (Å²) in [6.07, 6.45) is 2.53. The number of rotatable bonds is 5. The first-order chi connectivity index (χ1) is 11.9. The number of piperidine rings is 1. The van der Waals surface area contributed by atoms with Crippen molar-refractivity contribution in [2.45, 2.75) is 19.8 Å². The summed E-state index contributed by atoms with van der Waals surface area (Å²) in [6.45, 7) is 3.15. The third kappa shape index (κ3) is 4.10. The molecule has 0 radical (unpaired) electrons. The van der Waals surface area contributed by atoms with Gasteiger partial charge in [0.25, 0.3) is 0 Å². The van der Waals surface area contributed by atoms with E-state index in [9.17, 15) is 13.2 Å². The quantitative estimate of drug-likeness (QED) is 0.856. The number of anilines is 1. The van der Waals surface area contributed by atoms with Crippen LogP contribution in [-0.4, -0.2) is 49.6 Å². The Morgan fingerprint density at radius 3 is 3.00 bits per heavy atom. The predicted molar refractivity (Wildman–Crippen MR) is 98.6 cm³/mol. The zero-order chi connectivity index (χ0) is 18.0. The molecular formula is C16H21N3O4S2. The molecule has 0 spiro atoms. The van der Waals surface area contributed by atoms with Gasteiger partial charge in [0.2, 0.25) is 15.9 Å². The lowest BCUT2D eigenvalue weighted by Gasteiger charge is -2.29. The van der Waals surface area contributed by atoms with Crippen LogP contribution in [0.5, 0.6) is 5.75 Å². The molecule has 1 fully saturated rings. The summed E-state index contributed by atoms with van der Waals surface area (Å²) in [7, 11) is -3.27. The number of carbonyl (C=O) groups excluding carboxylic acids is 1. The molecule has 136 valence electrons. The van der Waals surface area contributed by atoms with Crippen molar-refractivity contribution in [1.29, 1.82) is 0 Å². The molecule has 1 N–H and O–H groups in total. The molecule has 1 atom stereocenters. The maximum atomic E-state index is 12.5. The summed E-state index contributed by atoms with van der Waals surface area (Å²) < 4.78 is 31.3. The Hall–Kier alpha value is -1.71. The second-order valence-electron chi connectivity index (χ2n) is 6.00. The number of hydrogen-bond donors (Lipinski definition) is 1. The standard InChI is InChI=1S/C16H21N3O4S2/c1-3-23-12-7-4-8-13-14(12)17-16(24-13)18-15(20)11-6-5-9-19(10-11)25(2,21)22/h4,7-8,11H,3,5-6,9-10H2,1-2H3,(H,17,18,20). The van der Waals surface area contributed by atoms with Gasteiger partial charge in [-0.1, -0.05) is 17.4 Å². The topological polar surface area (TPSA) is 88.6 Å². The van der Waals surface area contributed by atoms with Gasteiger partial charge >= 0.3 is 0 Å². The molecule has 1 saturated heterocycles. The van der Waals surface area contributed by atoms with E-state index in [1.165, 1.54) is 21.9 Å². The van der Waals surface area contributed by atoms with Crippen LogP contribution >= 0.6 is 11.3 Å². The van der Waals surface area contributed by atoms with E-state index in [0.717, 1.165) is 10.2 Å². The van der Waals surface area contributed by atoms with Crippen LogP contribution in [0.25, 0.3) is 10.2 Å². The van der Waals surface area contributed by atoms with E-state index in [0.29, 0.717) is 36.9 Å². The Morgan fingerprint density at radius 2 is 2.28 bits per heavy atom. The molecule has 1 amide bonds. The summed E-state index contributed by atoms with van der Waals surface area (Å²) >= 11 is 1.38. The van der Waals surface area contributed by atoms with E-state index in [1.807, 2.05) is 25.1 Å². The highest BCUT2D eigenvalue weighted by molar-refractivity contribution is 7.88. The first kappa shape index (κ1) is 18.1. The number of thiazole rings is 1. The molecule has 0 bridgehead atoms. The van der Waals surface area contributed by atoms with Crippen LogP contribution in [0.3, 0.4) is 0 Å². The molecule has 3 rings (SSSR count). The van der Waals surface area contributed by atoms with Crippen molar-refractivity contribution in [1.82, 2.24) is 9.29 Å². The van der Waals surface area contributed by atoms with Gasteiger partial charge in [0.1, 0.15) is 11.3 Å². The summed E-state index contributed by atoms with van der Waals surface area (Å²) in [4.78, 5) is 17.0. The lowest BCUT2D eigenvalue weighted by molar-refractivity contribution is -0.120. The maximum absolute atomic E-state index is 12.5. The summed E-state index contributed by atoms with van der Waals surface area (Å²) in [5.74, 6) is 0.143. The summed E-state index contributed by atoms with van der Waals surface area (Å²) in [6, 6.07) is 5.67. The SMILES string of the molecule is CCOc1cccc2sc(NC(=O)C3CCCN(S(C)(=O)=O)C3)nc12. The first-order valence-corrected chi connectivity index (χ1v) is 10.8. The minimum atomic E-state index is -3.27. The third-order valence-electron chi connectivity index (χ3n) is 4.14. The Bertz CT molecular complexity index is 879. The number of hydrogen-bond acceptors (Lipinski definition) is 6. The zero-order valence-corrected chi connectivity index (χ0v) is 15.8. The van der Waals surface area contributed by atoms with Gasteiger partial charge in [0.15, 0.2) is 5.13 Å². The van der Waals surface area contributed by atoms with E-state index < -0.39 is 10.0 Å². The highest BCUT2D eigenvalue weighted by atomic mass is 32.2. The average Bonchev–Trinajstić information content (AvgIpc) is 2.98. The highest BCUT2D eigenvalue weighted by Crippen LogP contribution is 2.32. The zero-order valence-electron chi connectivity index (χ0n) is 14.2. The van der Waals surface area contributed by atoms with Crippen LogP contribution in [0.4, 0.5) is 5.13 Å². The molecular weight excluding hydrogens is 362 g/mol. The third-order valence-corrected chi connectivity index (χ3v) is 6.34. The van der Waals surface area contributed by atoms with Gasteiger partial charge < -0.3 is 10.1 Å². The van der Waals surface area contributed by atoms with Crippen molar-refractivity contribution >= 4 is 42.6 Å². The summed E-state index contributed by atoms with van der Waals surface area (Å²) in [5, 5.41) is 3.34. The monoisotopic (exact) mass is 383 g/mol. The van der Waals surface area contributed by atoms with Crippen molar-refractivity contribution in [2.24, 2.45) is 5.92 Å². The molecule has 1 aromatic carbocycles. The van der Waals surface area contributed by atoms with Gasteiger partial charge in [0, 0.05) is 13.1 Å². The second-order valence-corrected chi connectivity index (χ2v) is 9.02. The van der Waals surface area contributed by atoms with Gasteiger partial charge in [-0.3, -0.25) is 4.79 Å². The van der Waals surface area contributed by atoms with Crippen LogP contribution in [-0.2, 0) is 14.8 Å². The first-order valence-electron chi connectivity index (χ1n) is 8.17. The van der Waals surface area contributed by atoms with E-state index in [4.69, 9.17) is 4.74 Å². The average molecular weight is 383 g/mol. The van der Waals surface area contributed by atoms with Crippen LogP contribution in [0.2, 0.25) is 0 Å². The number of nitrogens with zero attached hydrogens (tertiary/aromatic N) is 2. The van der Waals surface area contributed by atoms with Crippen LogP contribution < -0.4 is 10.1 Å². The lowest BCUT2D eigenvalue weighted by Crippen LogP contribution is -2.43. The molecule has 9 heteroatoms. The molecule has 1 aliphatic rings. The van der Waals surface area contributed by atoms with Gasteiger partial charge in [0.05, 0.1) is 23.5 Å². The van der Waals surface area contributed by atoms with Crippen molar-refractivity contribution in [2.75, 3.05) is 31.3 Å². The molecule has 1 unspecified atom stereocenters. The fourth-order valence-corrected chi connectivity index (χ4v) is 4.71. The summed E-state index contributed by atoms with van der Waals surface area (Å²) in [5.41, 5.74) is 0.728. The molecule has 1 aromatic heterocycles. The minimum absolute atomic E-state index is 0.189. The van der Waals surface area contributed by atoms with Crippen molar-refractivity contribution < 1.29 is 17.9 Å². The fourth-order valence-electron chi connectivity index (χ4n) is 2.91. The highest BCUT2D eigenvalue weighted by Gasteiger charge is 2.30. The van der Waals surface area contributed by atoms with Crippen LogP contribution in [0.1, 0.15) is 19.8 Å². The molecule has 2 aromatic rings. The van der Waals surface area contributed by atoms with Crippen LogP contribution in [0, 0.1) is 5.92 Å². The molecule has 2 heterocycles. The van der Waals surface area contributed by atoms with E-state index in [-0.39, 0.29) is 18.4 Å². The molecule has 1 aliphatic heterocycles. The maximum Gasteiger partial charge on any atom is 0.230 e. The van der Waals surface area contributed by atoms with Gasteiger partial charge in [-0.25, -0.2) is 17.7 Å². The Balaban J connectivity index is 1.74. The Labute approximate surface area is 151 Å². The van der Waals surface area contributed by atoms with E-state index in [1.54, 1.807) is 0 Å². The van der Waals surface area contributed by atoms with Gasteiger partial charge in [-0.2, -0.15) is 0 Å². The fraction of sp³-hybridized carbons (Fsp3) is 0.500. The number of fused-ring (bicyclic) bond motifs is 1. The molecule has 0 aliphatic carbocycles. The number of benzene rings is 1. The van der Waals surface area contributed by atoms with Gasteiger partial charge in [-0.05, 0) is 31.9 Å². The van der Waals surface area contributed by atoms with Crippen molar-refractivity contribution in [3.05, 3.63) is 18.2 Å². The molecule has 7 nitrogen and oxygen atoms in total. The van der Waals surface area contributed by atoms with Gasteiger partial charge in [-0.15, -0.1) is 0 Å². The van der Waals surface area contributed by atoms with Crippen molar-refractivity contribution in [3.63, 3.8) is 0 Å². The molecule has 25 heavy (non-hydrogen) atoms. The Morgan fingerprint density at radius 1 is 1.48 bits per heavy atom. The van der Waals surface area contributed by atoms with E-state index >= 15 is 0 Å². The number of amides is 1. The minimum Gasteiger partial charge on any atom is -0.492 e. The second kappa shape index (κ2) is 7.27. The largest absolute Gasteiger partial charge is 0.492 e. The lowest BCUT2D eigenvalue weighted by atomic mass is 9.99. The Kier molecular flexibility index (Phi) is 5.26. The smallest absolute Gasteiger partial charge is 0.230 e. The predicted octanol–water partition coefficient (Wildman–Crippen LogP) is 2.31. The number of nitrogens with one attached hydrogen (secondary N) is 1.